The number of aryl methyl sites for hydroxylation is 1. The van der Waals surface area contributed by atoms with E-state index in [2.05, 4.69) is 37.3 Å². The number of hydrogen-bond donors (Lipinski definition) is 1. The van der Waals surface area contributed by atoms with Crippen LogP contribution in [0.25, 0.3) is 0 Å². The molecule has 2 aromatic rings. The molecule has 0 fully saturated rings. The molecule has 0 aromatic heterocycles. The number of para-hydroxylation sites is 1. The average molecular weight is 255 g/mol. The van der Waals surface area contributed by atoms with Crippen LogP contribution in [0.2, 0.25) is 0 Å². The Morgan fingerprint density at radius 1 is 0.947 bits per heavy atom. The molecule has 0 spiro atoms. The summed E-state index contributed by atoms with van der Waals surface area (Å²) < 4.78 is 5.89. The summed E-state index contributed by atoms with van der Waals surface area (Å²) in [5, 5.41) is 0. The summed E-state index contributed by atoms with van der Waals surface area (Å²) in [6.45, 7) is 3.41. The molecule has 0 aliphatic rings. The normalized spacial score (nSPS) is 10.4. The number of nitrogens with two attached hydrogens (primary N) is 1. The third kappa shape index (κ3) is 3.83. The third-order valence-electron chi connectivity index (χ3n) is 3.21. The monoisotopic (exact) mass is 255 g/mol. The lowest BCUT2D eigenvalue weighted by atomic mass is 10.1. The van der Waals surface area contributed by atoms with Crippen molar-refractivity contribution in [2.24, 2.45) is 5.73 Å². The van der Waals surface area contributed by atoms with Gasteiger partial charge in [-0.2, -0.15) is 0 Å². The van der Waals surface area contributed by atoms with Crippen LogP contribution < -0.4 is 10.5 Å². The number of benzene rings is 2. The van der Waals surface area contributed by atoms with Crippen molar-refractivity contribution in [3.63, 3.8) is 0 Å². The van der Waals surface area contributed by atoms with Crippen LogP contribution in [0.1, 0.15) is 23.6 Å². The van der Waals surface area contributed by atoms with E-state index < -0.39 is 0 Å². The van der Waals surface area contributed by atoms with Gasteiger partial charge in [-0.25, -0.2) is 0 Å². The van der Waals surface area contributed by atoms with Gasteiger partial charge >= 0.3 is 0 Å². The maximum Gasteiger partial charge on any atom is 0.123 e. The zero-order chi connectivity index (χ0) is 13.5. The van der Waals surface area contributed by atoms with Crippen molar-refractivity contribution in [3.05, 3.63) is 65.2 Å². The Bertz CT molecular complexity index is 505. The maximum absolute atomic E-state index is 5.89. The number of rotatable bonds is 6. The fourth-order valence-electron chi connectivity index (χ4n) is 2.04. The zero-order valence-corrected chi connectivity index (χ0v) is 11.4. The summed E-state index contributed by atoms with van der Waals surface area (Å²) in [5.74, 6) is 0.938. The SMILES string of the molecule is CCc1ccc(COc2ccccc2CCN)cc1. The van der Waals surface area contributed by atoms with Crippen LogP contribution in [-0.2, 0) is 19.4 Å². The van der Waals surface area contributed by atoms with Gasteiger partial charge in [0.1, 0.15) is 12.4 Å². The van der Waals surface area contributed by atoms with Gasteiger partial charge < -0.3 is 10.5 Å². The average Bonchev–Trinajstić information content (AvgIpc) is 2.47. The fraction of sp³-hybridized carbons (Fsp3) is 0.294. The van der Waals surface area contributed by atoms with Crippen LogP contribution in [-0.4, -0.2) is 6.54 Å². The molecule has 0 aliphatic carbocycles. The van der Waals surface area contributed by atoms with Gasteiger partial charge in [-0.1, -0.05) is 49.4 Å². The predicted molar refractivity (Wildman–Crippen MR) is 79.4 cm³/mol. The molecule has 0 aliphatic heterocycles. The minimum Gasteiger partial charge on any atom is -0.489 e. The minimum absolute atomic E-state index is 0.603. The summed E-state index contributed by atoms with van der Waals surface area (Å²) in [6, 6.07) is 16.7. The first-order chi connectivity index (χ1) is 9.33. The Labute approximate surface area is 115 Å². The van der Waals surface area contributed by atoms with Gasteiger partial charge in [-0.3, -0.25) is 0 Å². The van der Waals surface area contributed by atoms with Crippen molar-refractivity contribution in [1.29, 1.82) is 0 Å². The van der Waals surface area contributed by atoms with Gasteiger partial charge in [0.2, 0.25) is 0 Å². The molecule has 2 rings (SSSR count). The summed E-state index contributed by atoms with van der Waals surface area (Å²) in [7, 11) is 0. The highest BCUT2D eigenvalue weighted by molar-refractivity contribution is 5.34. The zero-order valence-electron chi connectivity index (χ0n) is 11.4. The lowest BCUT2D eigenvalue weighted by molar-refractivity contribution is 0.303. The van der Waals surface area contributed by atoms with E-state index in [-0.39, 0.29) is 0 Å². The third-order valence-corrected chi connectivity index (χ3v) is 3.21. The number of ether oxygens (including phenoxy) is 1. The van der Waals surface area contributed by atoms with E-state index in [4.69, 9.17) is 10.5 Å². The quantitative estimate of drug-likeness (QED) is 0.859. The first-order valence-electron chi connectivity index (χ1n) is 6.82. The van der Waals surface area contributed by atoms with E-state index in [1.54, 1.807) is 0 Å². The van der Waals surface area contributed by atoms with Gasteiger partial charge in [0.25, 0.3) is 0 Å². The molecular weight excluding hydrogens is 234 g/mol. The van der Waals surface area contributed by atoms with Crippen LogP contribution in [0.5, 0.6) is 5.75 Å². The number of hydrogen-bond acceptors (Lipinski definition) is 2. The predicted octanol–water partition coefficient (Wildman–Crippen LogP) is 3.33. The van der Waals surface area contributed by atoms with Crippen molar-refractivity contribution in [3.8, 4) is 5.75 Å². The van der Waals surface area contributed by atoms with Crippen molar-refractivity contribution >= 4 is 0 Å². The van der Waals surface area contributed by atoms with E-state index in [1.165, 1.54) is 16.7 Å². The second kappa shape index (κ2) is 6.95. The highest BCUT2D eigenvalue weighted by atomic mass is 16.5. The highest BCUT2D eigenvalue weighted by Crippen LogP contribution is 2.19. The molecule has 0 radical (unpaired) electrons. The topological polar surface area (TPSA) is 35.2 Å². The molecule has 2 nitrogen and oxygen atoms in total. The van der Waals surface area contributed by atoms with Crippen LogP contribution in [0, 0.1) is 0 Å². The van der Waals surface area contributed by atoms with Gasteiger partial charge in [0, 0.05) is 0 Å². The largest absolute Gasteiger partial charge is 0.489 e. The summed E-state index contributed by atoms with van der Waals surface area (Å²) in [4.78, 5) is 0. The van der Waals surface area contributed by atoms with E-state index in [0.29, 0.717) is 13.2 Å². The maximum atomic E-state index is 5.89. The Hall–Kier alpha value is -1.80. The first-order valence-corrected chi connectivity index (χ1v) is 6.82. The van der Waals surface area contributed by atoms with Crippen LogP contribution in [0.4, 0.5) is 0 Å². The lowest BCUT2D eigenvalue weighted by Crippen LogP contribution is -2.05. The second-order valence-corrected chi connectivity index (χ2v) is 4.61. The molecule has 0 heterocycles. The molecule has 2 aromatic carbocycles. The summed E-state index contributed by atoms with van der Waals surface area (Å²) in [6.07, 6.45) is 1.92. The smallest absolute Gasteiger partial charge is 0.123 e. The fourth-order valence-corrected chi connectivity index (χ4v) is 2.04. The summed E-state index contributed by atoms with van der Waals surface area (Å²) in [5.41, 5.74) is 9.34. The van der Waals surface area contributed by atoms with E-state index in [1.807, 2.05) is 18.2 Å². The molecule has 19 heavy (non-hydrogen) atoms. The van der Waals surface area contributed by atoms with Gasteiger partial charge in [0.05, 0.1) is 0 Å². The molecular formula is C17H21NO. The van der Waals surface area contributed by atoms with Crippen molar-refractivity contribution in [2.45, 2.75) is 26.4 Å². The molecule has 0 unspecified atom stereocenters. The van der Waals surface area contributed by atoms with Gasteiger partial charge in [0.15, 0.2) is 0 Å². The molecule has 2 N–H and O–H groups in total. The standard InChI is InChI=1S/C17H21NO/c1-2-14-7-9-15(10-8-14)13-19-17-6-4-3-5-16(17)11-12-18/h3-10H,2,11-13,18H2,1H3. The Balaban J connectivity index is 2.01. The van der Waals surface area contributed by atoms with Crippen LogP contribution in [0.15, 0.2) is 48.5 Å². The van der Waals surface area contributed by atoms with E-state index in [9.17, 15) is 0 Å². The Morgan fingerprint density at radius 3 is 2.32 bits per heavy atom. The molecule has 100 valence electrons. The van der Waals surface area contributed by atoms with Gasteiger partial charge in [-0.15, -0.1) is 0 Å². The molecule has 0 amide bonds. The highest BCUT2D eigenvalue weighted by Gasteiger charge is 2.02. The first kappa shape index (κ1) is 13.6. The molecule has 0 atom stereocenters. The van der Waals surface area contributed by atoms with Crippen LogP contribution in [0.3, 0.4) is 0 Å². The van der Waals surface area contributed by atoms with Gasteiger partial charge in [-0.05, 0) is 42.1 Å². The minimum atomic E-state index is 0.603. The Kier molecular flexibility index (Phi) is 4.99. The van der Waals surface area contributed by atoms with Crippen molar-refractivity contribution in [1.82, 2.24) is 0 Å². The molecule has 2 heteroatoms. The Morgan fingerprint density at radius 2 is 1.63 bits per heavy atom. The molecule has 0 bridgehead atoms. The van der Waals surface area contributed by atoms with E-state index in [0.717, 1.165) is 18.6 Å². The summed E-state index contributed by atoms with van der Waals surface area (Å²) >= 11 is 0. The second-order valence-electron chi connectivity index (χ2n) is 4.61. The van der Waals surface area contributed by atoms with E-state index >= 15 is 0 Å². The van der Waals surface area contributed by atoms with Crippen molar-refractivity contribution in [2.75, 3.05) is 6.54 Å². The molecule has 0 saturated heterocycles. The van der Waals surface area contributed by atoms with Crippen molar-refractivity contribution < 1.29 is 4.74 Å². The van der Waals surface area contributed by atoms with Crippen LogP contribution >= 0.6 is 0 Å². The lowest BCUT2D eigenvalue weighted by Gasteiger charge is -2.11. The molecule has 0 saturated carbocycles.